The normalized spacial score (nSPS) is 19.1. The molecule has 1 fully saturated rings. The summed E-state index contributed by atoms with van der Waals surface area (Å²) in [5, 5.41) is 12.7. The van der Waals surface area contributed by atoms with Gasteiger partial charge in [-0.25, -0.2) is 4.98 Å². The van der Waals surface area contributed by atoms with Crippen molar-refractivity contribution >= 4 is 17.4 Å². The Bertz CT molecular complexity index is 797. The maximum absolute atomic E-state index is 13.0. The van der Waals surface area contributed by atoms with Crippen LogP contribution < -0.4 is 5.32 Å². The molecule has 0 radical (unpaired) electrons. The minimum Gasteiger partial charge on any atom is -0.339 e. The van der Waals surface area contributed by atoms with Gasteiger partial charge >= 0.3 is 0 Å². The van der Waals surface area contributed by atoms with Crippen molar-refractivity contribution in [3.05, 3.63) is 48.4 Å². The monoisotopic (exact) mass is 335 g/mol. The minimum absolute atomic E-state index is 0.109. The number of amides is 1. The van der Waals surface area contributed by atoms with Gasteiger partial charge in [-0.05, 0) is 36.5 Å². The molecule has 0 unspecified atom stereocenters. The molecular formula is C19H21N5O. The number of likely N-dealkylation sites (tertiary alicyclic amines) is 1. The summed E-state index contributed by atoms with van der Waals surface area (Å²) in [5.74, 6) is 0.503. The molecule has 1 aliphatic heterocycles. The molecule has 2 aromatic rings. The lowest BCUT2D eigenvalue weighted by molar-refractivity contribution is 0.0438. The second-order valence-corrected chi connectivity index (χ2v) is 6.92. The number of nitrogens with one attached hydrogen (secondary N) is 1. The van der Waals surface area contributed by atoms with Gasteiger partial charge in [-0.2, -0.15) is 5.26 Å². The highest BCUT2D eigenvalue weighted by Crippen LogP contribution is 2.35. The fourth-order valence-electron chi connectivity index (χ4n) is 3.26. The largest absolute Gasteiger partial charge is 0.339 e. The van der Waals surface area contributed by atoms with Crippen LogP contribution in [0.2, 0.25) is 0 Å². The van der Waals surface area contributed by atoms with Gasteiger partial charge in [0.05, 0.1) is 12.3 Å². The Morgan fingerprint density at radius 3 is 2.96 bits per heavy atom. The molecule has 0 saturated carbocycles. The van der Waals surface area contributed by atoms with Crippen molar-refractivity contribution in [1.29, 1.82) is 5.26 Å². The summed E-state index contributed by atoms with van der Waals surface area (Å²) in [6.45, 7) is 4.71. The van der Waals surface area contributed by atoms with Crippen LogP contribution in [0.25, 0.3) is 0 Å². The van der Waals surface area contributed by atoms with Crippen molar-refractivity contribution < 1.29 is 4.79 Å². The van der Waals surface area contributed by atoms with Crippen molar-refractivity contribution in [2.24, 2.45) is 5.41 Å². The molecule has 1 aliphatic rings. The van der Waals surface area contributed by atoms with Gasteiger partial charge in [0.1, 0.15) is 11.9 Å². The number of nitriles is 1. The van der Waals surface area contributed by atoms with Crippen LogP contribution in [-0.2, 0) is 0 Å². The molecule has 0 spiro atoms. The molecule has 0 bridgehead atoms. The molecule has 2 heterocycles. The van der Waals surface area contributed by atoms with E-state index in [-0.39, 0.29) is 11.3 Å². The van der Waals surface area contributed by atoms with Gasteiger partial charge in [0.25, 0.3) is 5.91 Å². The third kappa shape index (κ3) is 3.61. The van der Waals surface area contributed by atoms with E-state index in [9.17, 15) is 10.1 Å². The molecular weight excluding hydrogens is 314 g/mol. The summed E-state index contributed by atoms with van der Waals surface area (Å²) in [6, 6.07) is 9.16. The second-order valence-electron chi connectivity index (χ2n) is 6.92. The highest BCUT2D eigenvalue weighted by molar-refractivity contribution is 5.95. The number of hydrogen-bond donors (Lipinski definition) is 1. The van der Waals surface area contributed by atoms with Crippen LogP contribution in [0.4, 0.5) is 11.5 Å². The lowest BCUT2D eigenvalue weighted by atomic mass is 9.77. The first-order valence-electron chi connectivity index (χ1n) is 8.35. The molecule has 3 rings (SSSR count). The van der Waals surface area contributed by atoms with Gasteiger partial charge in [0.2, 0.25) is 0 Å². The third-order valence-corrected chi connectivity index (χ3v) is 4.60. The number of aromatic nitrogens is 2. The number of piperidine rings is 1. The van der Waals surface area contributed by atoms with E-state index in [1.165, 1.54) is 0 Å². The predicted octanol–water partition coefficient (Wildman–Crippen LogP) is 3.37. The topological polar surface area (TPSA) is 81.9 Å². The summed E-state index contributed by atoms with van der Waals surface area (Å²) in [7, 11) is 0. The standard InChI is InChI=1S/C19H21N5O/c1-19(2)7-4-10-24(16(19)12-20)18(25)14-5-3-6-15(11-14)23-17-13-21-8-9-22-17/h3,5-6,8-9,11,13,16H,4,7,10H2,1-2H3,(H,22,23)/t16-/m0/s1. The highest BCUT2D eigenvalue weighted by atomic mass is 16.2. The number of anilines is 2. The van der Waals surface area contributed by atoms with Crippen molar-refractivity contribution in [1.82, 2.24) is 14.9 Å². The zero-order valence-electron chi connectivity index (χ0n) is 14.4. The molecule has 6 nitrogen and oxygen atoms in total. The van der Waals surface area contributed by atoms with E-state index in [0.29, 0.717) is 17.9 Å². The maximum Gasteiger partial charge on any atom is 0.255 e. The van der Waals surface area contributed by atoms with Gasteiger partial charge < -0.3 is 10.2 Å². The summed E-state index contributed by atoms with van der Waals surface area (Å²) < 4.78 is 0. The molecule has 25 heavy (non-hydrogen) atoms. The molecule has 1 aromatic heterocycles. The van der Waals surface area contributed by atoms with Gasteiger partial charge in [0, 0.05) is 30.2 Å². The first kappa shape index (κ1) is 16.9. The van der Waals surface area contributed by atoms with Crippen molar-refractivity contribution in [3.63, 3.8) is 0 Å². The maximum atomic E-state index is 13.0. The number of rotatable bonds is 3. The van der Waals surface area contributed by atoms with E-state index in [4.69, 9.17) is 0 Å². The molecule has 1 saturated heterocycles. The zero-order chi connectivity index (χ0) is 17.9. The molecule has 128 valence electrons. The lowest BCUT2D eigenvalue weighted by Gasteiger charge is -2.42. The first-order valence-corrected chi connectivity index (χ1v) is 8.35. The minimum atomic E-state index is -0.412. The lowest BCUT2D eigenvalue weighted by Crippen LogP contribution is -2.51. The van der Waals surface area contributed by atoms with Crippen LogP contribution in [0.15, 0.2) is 42.9 Å². The summed E-state index contributed by atoms with van der Waals surface area (Å²) >= 11 is 0. The fourth-order valence-corrected chi connectivity index (χ4v) is 3.26. The number of benzene rings is 1. The van der Waals surface area contributed by atoms with E-state index in [2.05, 4.69) is 21.4 Å². The quantitative estimate of drug-likeness (QED) is 0.930. The van der Waals surface area contributed by atoms with E-state index in [1.807, 2.05) is 26.0 Å². The number of nitrogens with zero attached hydrogens (tertiary/aromatic N) is 4. The Balaban J connectivity index is 1.83. The van der Waals surface area contributed by atoms with Gasteiger partial charge in [-0.3, -0.25) is 9.78 Å². The van der Waals surface area contributed by atoms with Crippen LogP contribution in [0.3, 0.4) is 0 Å². The Kier molecular flexibility index (Phi) is 4.66. The average molecular weight is 335 g/mol. The van der Waals surface area contributed by atoms with Crippen molar-refractivity contribution in [2.45, 2.75) is 32.7 Å². The van der Waals surface area contributed by atoms with Gasteiger partial charge in [-0.1, -0.05) is 19.9 Å². The Morgan fingerprint density at radius 1 is 1.40 bits per heavy atom. The van der Waals surface area contributed by atoms with Gasteiger partial charge in [0.15, 0.2) is 0 Å². The Hall–Kier alpha value is -2.94. The van der Waals surface area contributed by atoms with E-state index in [1.54, 1.807) is 35.6 Å². The number of carbonyl (C=O) groups is 1. The average Bonchev–Trinajstić information content (AvgIpc) is 2.61. The van der Waals surface area contributed by atoms with Crippen molar-refractivity contribution in [3.8, 4) is 6.07 Å². The fraction of sp³-hybridized carbons (Fsp3) is 0.368. The van der Waals surface area contributed by atoms with Crippen LogP contribution in [0.1, 0.15) is 37.0 Å². The van der Waals surface area contributed by atoms with Crippen LogP contribution >= 0.6 is 0 Å². The van der Waals surface area contributed by atoms with Crippen LogP contribution in [0, 0.1) is 16.7 Å². The number of hydrogen-bond acceptors (Lipinski definition) is 5. The van der Waals surface area contributed by atoms with Crippen molar-refractivity contribution in [2.75, 3.05) is 11.9 Å². The van der Waals surface area contributed by atoms with E-state index in [0.717, 1.165) is 18.5 Å². The highest BCUT2D eigenvalue weighted by Gasteiger charge is 2.40. The molecule has 0 aliphatic carbocycles. The predicted molar refractivity (Wildman–Crippen MR) is 95.2 cm³/mol. The molecule has 1 amide bonds. The SMILES string of the molecule is CC1(C)CCCN(C(=O)c2cccc(Nc3cnccn3)c2)[C@H]1C#N. The molecule has 6 heteroatoms. The molecule has 1 atom stereocenters. The second kappa shape index (κ2) is 6.89. The summed E-state index contributed by atoms with van der Waals surface area (Å²) in [6.07, 6.45) is 6.68. The van der Waals surface area contributed by atoms with E-state index >= 15 is 0 Å². The Labute approximate surface area is 147 Å². The summed E-state index contributed by atoms with van der Waals surface area (Å²) in [4.78, 5) is 22.9. The smallest absolute Gasteiger partial charge is 0.255 e. The van der Waals surface area contributed by atoms with Crippen LogP contribution in [-0.4, -0.2) is 33.4 Å². The first-order chi connectivity index (χ1) is 12.0. The van der Waals surface area contributed by atoms with Gasteiger partial charge in [-0.15, -0.1) is 0 Å². The number of carbonyl (C=O) groups excluding carboxylic acids is 1. The van der Waals surface area contributed by atoms with Crippen LogP contribution in [0.5, 0.6) is 0 Å². The third-order valence-electron chi connectivity index (χ3n) is 4.60. The molecule has 1 N–H and O–H groups in total. The Morgan fingerprint density at radius 2 is 2.24 bits per heavy atom. The summed E-state index contributed by atoms with van der Waals surface area (Å²) in [5.41, 5.74) is 1.13. The molecule has 1 aromatic carbocycles. The van der Waals surface area contributed by atoms with E-state index < -0.39 is 6.04 Å². The zero-order valence-corrected chi connectivity index (χ0v) is 14.4.